The lowest BCUT2D eigenvalue weighted by Gasteiger charge is -2.60. The highest BCUT2D eigenvalue weighted by atomic mass is 16.6. The molecular formula is C24H34O8. The van der Waals surface area contributed by atoms with Crippen LogP contribution >= 0.6 is 0 Å². The summed E-state index contributed by atoms with van der Waals surface area (Å²) in [5.41, 5.74) is -3.31. The number of carbonyl (C=O) groups excluding carboxylic acids is 4. The minimum absolute atomic E-state index is 0.0451. The molecule has 0 saturated heterocycles. The lowest BCUT2D eigenvalue weighted by molar-refractivity contribution is -0.187. The van der Waals surface area contributed by atoms with E-state index in [1.165, 1.54) is 28.4 Å². The topological polar surface area (TPSA) is 105 Å². The van der Waals surface area contributed by atoms with Gasteiger partial charge in [0.15, 0.2) is 10.8 Å². The summed E-state index contributed by atoms with van der Waals surface area (Å²) in [5, 5.41) is 0. The molecule has 4 atom stereocenters. The zero-order valence-corrected chi connectivity index (χ0v) is 19.8. The Morgan fingerprint density at radius 1 is 0.750 bits per heavy atom. The molecule has 8 heteroatoms. The molecule has 2 saturated carbocycles. The van der Waals surface area contributed by atoms with E-state index in [0.29, 0.717) is 38.5 Å². The number of rotatable bonds is 4. The molecule has 0 radical (unpaired) electrons. The third-order valence-electron chi connectivity index (χ3n) is 8.65. The highest BCUT2D eigenvalue weighted by Crippen LogP contribution is 2.66. The van der Waals surface area contributed by atoms with E-state index in [1.807, 2.05) is 6.08 Å². The molecule has 0 aliphatic heterocycles. The molecule has 0 heterocycles. The summed E-state index contributed by atoms with van der Waals surface area (Å²) < 4.78 is 20.0. The fraction of sp³-hybridized carbons (Fsp3) is 0.750. The van der Waals surface area contributed by atoms with Crippen LogP contribution in [-0.4, -0.2) is 52.3 Å². The van der Waals surface area contributed by atoms with Crippen molar-refractivity contribution in [2.75, 3.05) is 28.4 Å². The predicted octanol–water partition coefficient (Wildman–Crippen LogP) is 2.83. The van der Waals surface area contributed by atoms with Gasteiger partial charge in [0.05, 0.1) is 28.4 Å². The van der Waals surface area contributed by atoms with E-state index in [9.17, 15) is 19.2 Å². The molecule has 0 unspecified atom stereocenters. The SMILES string of the molecule is COC(=O)C1(C(=O)OC)CC[C@@]2(C)[C@H](C=C[C@]3(C)CC(C(=O)OC)(C(=O)OC)CC[C@H]23)C1. The lowest BCUT2D eigenvalue weighted by Crippen LogP contribution is -2.59. The highest BCUT2D eigenvalue weighted by Gasteiger charge is 2.65. The van der Waals surface area contributed by atoms with Crippen molar-refractivity contribution in [1.82, 2.24) is 0 Å². The first-order chi connectivity index (χ1) is 15.0. The van der Waals surface area contributed by atoms with Gasteiger partial charge in [0.25, 0.3) is 0 Å². The summed E-state index contributed by atoms with van der Waals surface area (Å²) in [6.45, 7) is 4.25. The van der Waals surface area contributed by atoms with E-state index < -0.39 is 40.1 Å². The van der Waals surface area contributed by atoms with Crippen LogP contribution in [0.4, 0.5) is 0 Å². The number of hydrogen-bond donors (Lipinski definition) is 0. The fourth-order valence-electron chi connectivity index (χ4n) is 6.94. The van der Waals surface area contributed by atoms with Crippen LogP contribution in [0.3, 0.4) is 0 Å². The Morgan fingerprint density at radius 2 is 1.25 bits per heavy atom. The summed E-state index contributed by atoms with van der Waals surface area (Å²) in [5.74, 6) is -2.15. The second kappa shape index (κ2) is 8.19. The average molecular weight is 451 g/mol. The number of fused-ring (bicyclic) bond motifs is 3. The van der Waals surface area contributed by atoms with Crippen LogP contribution in [0, 0.1) is 33.5 Å². The van der Waals surface area contributed by atoms with Crippen LogP contribution < -0.4 is 0 Å². The van der Waals surface area contributed by atoms with Crippen LogP contribution in [0.15, 0.2) is 12.2 Å². The molecule has 8 nitrogen and oxygen atoms in total. The summed E-state index contributed by atoms with van der Waals surface area (Å²) >= 11 is 0. The van der Waals surface area contributed by atoms with Crippen molar-refractivity contribution in [1.29, 1.82) is 0 Å². The van der Waals surface area contributed by atoms with Crippen molar-refractivity contribution in [3.05, 3.63) is 12.2 Å². The van der Waals surface area contributed by atoms with Gasteiger partial charge in [-0.25, -0.2) is 0 Å². The zero-order chi connectivity index (χ0) is 23.9. The molecule has 32 heavy (non-hydrogen) atoms. The monoisotopic (exact) mass is 450 g/mol. The van der Waals surface area contributed by atoms with E-state index in [0.717, 1.165) is 0 Å². The molecule has 0 aromatic rings. The van der Waals surface area contributed by atoms with Gasteiger partial charge in [-0.15, -0.1) is 0 Å². The molecule has 2 fully saturated rings. The largest absolute Gasteiger partial charge is 0.468 e. The Morgan fingerprint density at radius 3 is 1.75 bits per heavy atom. The molecular weight excluding hydrogens is 416 g/mol. The molecule has 0 N–H and O–H groups in total. The Balaban J connectivity index is 2.00. The highest BCUT2D eigenvalue weighted by molar-refractivity contribution is 6.01. The van der Waals surface area contributed by atoms with Crippen LogP contribution in [0.1, 0.15) is 52.4 Å². The van der Waals surface area contributed by atoms with E-state index in [1.54, 1.807) is 0 Å². The molecule has 0 aromatic heterocycles. The summed E-state index contributed by atoms with van der Waals surface area (Å²) in [7, 11) is 5.15. The Hall–Kier alpha value is -2.38. The van der Waals surface area contributed by atoms with Gasteiger partial charge in [0.1, 0.15) is 0 Å². The van der Waals surface area contributed by atoms with E-state index in [4.69, 9.17) is 18.9 Å². The first-order valence-corrected chi connectivity index (χ1v) is 11.0. The third-order valence-corrected chi connectivity index (χ3v) is 8.65. The van der Waals surface area contributed by atoms with Crippen molar-refractivity contribution in [2.24, 2.45) is 33.5 Å². The Bertz CT molecular complexity index is 813. The molecule has 0 spiro atoms. The summed E-state index contributed by atoms with van der Waals surface area (Å²) in [6, 6.07) is 0. The normalized spacial score (nSPS) is 34.3. The smallest absolute Gasteiger partial charge is 0.323 e. The van der Waals surface area contributed by atoms with Crippen molar-refractivity contribution < 1.29 is 38.1 Å². The van der Waals surface area contributed by atoms with Gasteiger partial charge in [-0.3, -0.25) is 19.2 Å². The van der Waals surface area contributed by atoms with E-state index in [-0.39, 0.29) is 17.3 Å². The number of allylic oxidation sites excluding steroid dienone is 2. The molecule has 3 aliphatic carbocycles. The Labute approximate surface area is 189 Å². The summed E-state index contributed by atoms with van der Waals surface area (Å²) in [4.78, 5) is 50.8. The number of methoxy groups -OCH3 is 4. The van der Waals surface area contributed by atoms with Gasteiger partial charge in [0.2, 0.25) is 0 Å². The van der Waals surface area contributed by atoms with Gasteiger partial charge in [-0.2, -0.15) is 0 Å². The van der Waals surface area contributed by atoms with Crippen LogP contribution in [0.2, 0.25) is 0 Å². The van der Waals surface area contributed by atoms with Crippen molar-refractivity contribution in [3.63, 3.8) is 0 Å². The number of hydrogen-bond acceptors (Lipinski definition) is 8. The molecule has 0 bridgehead atoms. The molecule has 0 aromatic carbocycles. The zero-order valence-electron chi connectivity index (χ0n) is 19.8. The van der Waals surface area contributed by atoms with Crippen molar-refractivity contribution >= 4 is 23.9 Å². The number of ether oxygens (including phenoxy) is 4. The van der Waals surface area contributed by atoms with Crippen LogP contribution in [0.5, 0.6) is 0 Å². The maximum absolute atomic E-state index is 12.7. The number of carbonyl (C=O) groups is 4. The average Bonchev–Trinajstić information content (AvgIpc) is 2.80. The van der Waals surface area contributed by atoms with Crippen molar-refractivity contribution in [2.45, 2.75) is 52.4 Å². The van der Waals surface area contributed by atoms with Crippen LogP contribution in [-0.2, 0) is 38.1 Å². The van der Waals surface area contributed by atoms with Crippen LogP contribution in [0.25, 0.3) is 0 Å². The van der Waals surface area contributed by atoms with Gasteiger partial charge in [-0.1, -0.05) is 26.0 Å². The third kappa shape index (κ3) is 3.25. The molecule has 0 amide bonds. The van der Waals surface area contributed by atoms with Gasteiger partial charge < -0.3 is 18.9 Å². The minimum atomic E-state index is -1.33. The minimum Gasteiger partial charge on any atom is -0.468 e. The molecule has 3 aliphatic rings. The summed E-state index contributed by atoms with van der Waals surface area (Å²) in [6.07, 6.45) is 6.61. The van der Waals surface area contributed by atoms with Gasteiger partial charge in [-0.05, 0) is 61.2 Å². The van der Waals surface area contributed by atoms with E-state index >= 15 is 0 Å². The second-order valence-corrected chi connectivity index (χ2v) is 10.1. The second-order valence-electron chi connectivity index (χ2n) is 10.1. The first kappa shape index (κ1) is 24.3. The quantitative estimate of drug-likeness (QED) is 0.279. The van der Waals surface area contributed by atoms with Gasteiger partial charge in [0, 0.05) is 0 Å². The Kier molecular flexibility index (Phi) is 6.21. The standard InChI is InChI=1S/C24H34O8/c1-21-9-7-15-13-23(17(25)29-3,18(26)30-4)12-11-22(15,2)16(21)8-10-24(14-21,19(27)31-5)20(28)32-6/h7,9,15-16H,8,10-14H2,1-6H3/t15-,16+,21-,22+/m1/s1. The predicted molar refractivity (Wildman–Crippen MR) is 113 cm³/mol. The van der Waals surface area contributed by atoms with Crippen molar-refractivity contribution in [3.8, 4) is 0 Å². The maximum Gasteiger partial charge on any atom is 0.323 e. The first-order valence-electron chi connectivity index (χ1n) is 11.0. The maximum atomic E-state index is 12.7. The van der Waals surface area contributed by atoms with Gasteiger partial charge >= 0.3 is 23.9 Å². The number of esters is 4. The van der Waals surface area contributed by atoms with E-state index in [2.05, 4.69) is 19.9 Å². The molecule has 3 rings (SSSR count). The fourth-order valence-corrected chi connectivity index (χ4v) is 6.94. The lowest BCUT2D eigenvalue weighted by atomic mass is 9.43. The molecule has 178 valence electrons.